The molecule has 0 fully saturated rings. The molecule has 1 aromatic rings. The van der Waals surface area contributed by atoms with Crippen LogP contribution in [0, 0.1) is 0 Å². The number of rotatable bonds is 6. The SMILES string of the molecule is COCCN[C@H](C(=O)NC(N)=O)c1ccccc1. The minimum absolute atomic E-state index is 0.465. The largest absolute Gasteiger partial charge is 0.383 e. The van der Waals surface area contributed by atoms with Crippen LogP contribution in [-0.2, 0) is 9.53 Å². The average Bonchev–Trinajstić information content (AvgIpc) is 2.35. The molecule has 1 aromatic carbocycles. The number of carbonyl (C=O) groups is 2. The lowest BCUT2D eigenvalue weighted by molar-refractivity contribution is -0.122. The summed E-state index contributed by atoms with van der Waals surface area (Å²) in [7, 11) is 1.57. The van der Waals surface area contributed by atoms with Gasteiger partial charge in [-0.05, 0) is 5.56 Å². The molecule has 18 heavy (non-hydrogen) atoms. The second-order valence-corrected chi connectivity index (χ2v) is 3.64. The van der Waals surface area contributed by atoms with Gasteiger partial charge in [-0.2, -0.15) is 0 Å². The minimum atomic E-state index is -0.866. The van der Waals surface area contributed by atoms with E-state index in [-0.39, 0.29) is 0 Å². The molecule has 6 nitrogen and oxygen atoms in total. The van der Waals surface area contributed by atoms with Crippen molar-refractivity contribution in [2.45, 2.75) is 6.04 Å². The highest BCUT2D eigenvalue weighted by Gasteiger charge is 2.20. The maximum absolute atomic E-state index is 11.8. The molecule has 0 unspecified atom stereocenters. The molecular weight excluding hydrogens is 234 g/mol. The van der Waals surface area contributed by atoms with Gasteiger partial charge in [0.05, 0.1) is 6.61 Å². The molecule has 0 radical (unpaired) electrons. The number of nitrogens with one attached hydrogen (secondary N) is 2. The number of benzene rings is 1. The molecule has 1 atom stereocenters. The van der Waals surface area contributed by atoms with Crippen molar-refractivity contribution in [1.82, 2.24) is 10.6 Å². The van der Waals surface area contributed by atoms with Crippen LogP contribution in [0.5, 0.6) is 0 Å². The number of urea groups is 1. The van der Waals surface area contributed by atoms with Crippen molar-refractivity contribution in [3.05, 3.63) is 35.9 Å². The Morgan fingerprint density at radius 3 is 2.56 bits per heavy atom. The molecule has 0 aliphatic heterocycles. The van der Waals surface area contributed by atoms with Crippen molar-refractivity contribution >= 4 is 11.9 Å². The molecule has 4 N–H and O–H groups in total. The van der Waals surface area contributed by atoms with E-state index < -0.39 is 18.0 Å². The molecule has 6 heteroatoms. The van der Waals surface area contributed by atoms with E-state index in [1.807, 2.05) is 18.2 Å². The van der Waals surface area contributed by atoms with Gasteiger partial charge in [0.15, 0.2) is 0 Å². The summed E-state index contributed by atoms with van der Waals surface area (Å²) in [5, 5.41) is 5.06. The summed E-state index contributed by atoms with van der Waals surface area (Å²) in [5.74, 6) is -0.482. The summed E-state index contributed by atoms with van der Waals surface area (Å²) < 4.78 is 4.90. The minimum Gasteiger partial charge on any atom is -0.383 e. The van der Waals surface area contributed by atoms with Gasteiger partial charge in [-0.3, -0.25) is 15.4 Å². The Morgan fingerprint density at radius 1 is 1.33 bits per heavy atom. The van der Waals surface area contributed by atoms with E-state index >= 15 is 0 Å². The van der Waals surface area contributed by atoms with Crippen LogP contribution in [0.2, 0.25) is 0 Å². The number of methoxy groups -OCH3 is 1. The van der Waals surface area contributed by atoms with Gasteiger partial charge >= 0.3 is 6.03 Å². The van der Waals surface area contributed by atoms with Crippen LogP contribution in [0.15, 0.2) is 30.3 Å². The molecule has 0 saturated heterocycles. The lowest BCUT2D eigenvalue weighted by Gasteiger charge is -2.17. The molecule has 1 rings (SSSR count). The third-order valence-corrected chi connectivity index (χ3v) is 2.30. The van der Waals surface area contributed by atoms with Gasteiger partial charge in [0.2, 0.25) is 5.91 Å². The van der Waals surface area contributed by atoms with Crippen molar-refractivity contribution in [2.75, 3.05) is 20.3 Å². The number of nitrogens with two attached hydrogens (primary N) is 1. The van der Waals surface area contributed by atoms with Gasteiger partial charge in [0, 0.05) is 13.7 Å². The molecule has 0 saturated carbocycles. The summed E-state index contributed by atoms with van der Waals surface area (Å²) in [5.41, 5.74) is 5.70. The highest BCUT2D eigenvalue weighted by Crippen LogP contribution is 2.12. The van der Waals surface area contributed by atoms with Crippen LogP contribution in [0.25, 0.3) is 0 Å². The van der Waals surface area contributed by atoms with Crippen LogP contribution < -0.4 is 16.4 Å². The predicted octanol–water partition coefficient (Wildman–Crippen LogP) is 0.159. The summed E-state index contributed by atoms with van der Waals surface area (Å²) in [6, 6.07) is 7.58. The monoisotopic (exact) mass is 251 g/mol. The van der Waals surface area contributed by atoms with Crippen LogP contribution in [-0.4, -0.2) is 32.2 Å². The average molecular weight is 251 g/mol. The molecule has 0 bridgehead atoms. The normalized spacial score (nSPS) is 11.8. The Morgan fingerprint density at radius 2 is 2.00 bits per heavy atom. The number of imide groups is 1. The first-order valence-electron chi connectivity index (χ1n) is 5.52. The topological polar surface area (TPSA) is 93.4 Å². The number of ether oxygens (including phenoxy) is 1. The van der Waals surface area contributed by atoms with E-state index in [2.05, 4.69) is 10.6 Å². The maximum atomic E-state index is 11.8. The molecule has 0 heterocycles. The molecule has 0 aliphatic rings. The Balaban J connectivity index is 2.75. The third kappa shape index (κ3) is 4.52. The number of hydrogen-bond donors (Lipinski definition) is 3. The number of carbonyl (C=O) groups excluding carboxylic acids is 2. The molecule has 0 aliphatic carbocycles. The standard InChI is InChI=1S/C12H17N3O3/c1-18-8-7-14-10(11(16)15-12(13)17)9-5-3-2-4-6-9/h2-6,10,14H,7-8H2,1H3,(H3,13,15,16,17)/t10-/m0/s1. The Kier molecular flexibility index (Phi) is 5.83. The Labute approximate surface area is 105 Å². The molecule has 0 aromatic heterocycles. The first-order chi connectivity index (χ1) is 8.65. The summed E-state index contributed by atoms with van der Waals surface area (Å²) >= 11 is 0. The maximum Gasteiger partial charge on any atom is 0.318 e. The summed E-state index contributed by atoms with van der Waals surface area (Å²) in [4.78, 5) is 22.5. The van der Waals surface area contributed by atoms with Crippen LogP contribution in [0.1, 0.15) is 11.6 Å². The van der Waals surface area contributed by atoms with E-state index in [0.29, 0.717) is 13.2 Å². The predicted molar refractivity (Wildman–Crippen MR) is 66.8 cm³/mol. The lowest BCUT2D eigenvalue weighted by atomic mass is 10.1. The second-order valence-electron chi connectivity index (χ2n) is 3.64. The van der Waals surface area contributed by atoms with Crippen molar-refractivity contribution in [1.29, 1.82) is 0 Å². The van der Waals surface area contributed by atoms with Crippen molar-refractivity contribution in [3.8, 4) is 0 Å². The lowest BCUT2D eigenvalue weighted by Crippen LogP contribution is -2.43. The van der Waals surface area contributed by atoms with E-state index in [0.717, 1.165) is 5.56 Å². The number of amides is 3. The van der Waals surface area contributed by atoms with Crippen LogP contribution in [0.4, 0.5) is 4.79 Å². The zero-order valence-corrected chi connectivity index (χ0v) is 10.2. The number of primary amides is 1. The quantitative estimate of drug-likeness (QED) is 0.628. The van der Waals surface area contributed by atoms with Crippen molar-refractivity contribution in [2.24, 2.45) is 5.73 Å². The molecule has 3 amide bonds. The first kappa shape index (κ1) is 14.1. The molecule has 0 spiro atoms. The summed E-state index contributed by atoms with van der Waals surface area (Å²) in [6.07, 6.45) is 0. The Hall–Kier alpha value is -1.92. The smallest absolute Gasteiger partial charge is 0.318 e. The van der Waals surface area contributed by atoms with E-state index in [1.165, 1.54) is 0 Å². The Bertz CT molecular complexity index is 395. The summed E-state index contributed by atoms with van der Waals surface area (Å²) in [6.45, 7) is 0.954. The van der Waals surface area contributed by atoms with Gasteiger partial charge in [-0.1, -0.05) is 30.3 Å². The fraction of sp³-hybridized carbons (Fsp3) is 0.333. The fourth-order valence-corrected chi connectivity index (χ4v) is 1.51. The van der Waals surface area contributed by atoms with Gasteiger partial charge < -0.3 is 10.5 Å². The highest BCUT2D eigenvalue weighted by atomic mass is 16.5. The number of hydrogen-bond acceptors (Lipinski definition) is 4. The zero-order valence-electron chi connectivity index (χ0n) is 10.2. The van der Waals surface area contributed by atoms with Crippen LogP contribution >= 0.6 is 0 Å². The fourth-order valence-electron chi connectivity index (χ4n) is 1.51. The van der Waals surface area contributed by atoms with Crippen molar-refractivity contribution < 1.29 is 14.3 Å². The zero-order chi connectivity index (χ0) is 13.4. The molecule has 98 valence electrons. The second kappa shape index (κ2) is 7.41. The molecular formula is C12H17N3O3. The van der Waals surface area contributed by atoms with Crippen LogP contribution in [0.3, 0.4) is 0 Å². The van der Waals surface area contributed by atoms with E-state index in [9.17, 15) is 9.59 Å². The van der Waals surface area contributed by atoms with Gasteiger partial charge in [-0.25, -0.2) is 4.79 Å². The highest BCUT2D eigenvalue weighted by molar-refractivity contribution is 5.96. The van der Waals surface area contributed by atoms with Gasteiger partial charge in [-0.15, -0.1) is 0 Å². The van der Waals surface area contributed by atoms with Gasteiger partial charge in [0.25, 0.3) is 0 Å². The van der Waals surface area contributed by atoms with Crippen molar-refractivity contribution in [3.63, 3.8) is 0 Å². The van der Waals surface area contributed by atoms with E-state index in [4.69, 9.17) is 10.5 Å². The van der Waals surface area contributed by atoms with Gasteiger partial charge in [0.1, 0.15) is 6.04 Å². The first-order valence-corrected chi connectivity index (χ1v) is 5.52. The third-order valence-electron chi connectivity index (χ3n) is 2.30. The van der Waals surface area contributed by atoms with E-state index in [1.54, 1.807) is 19.2 Å².